The van der Waals surface area contributed by atoms with E-state index >= 15 is 0 Å². The summed E-state index contributed by atoms with van der Waals surface area (Å²) in [5.74, 6) is 0.421. The Labute approximate surface area is 71.1 Å². The number of hydrogen-bond donors (Lipinski definition) is 0. The second kappa shape index (κ2) is 2.32. The van der Waals surface area contributed by atoms with Crippen molar-refractivity contribution in [3.05, 3.63) is 17.5 Å². The van der Waals surface area contributed by atoms with Gasteiger partial charge >= 0.3 is 0 Å². The van der Waals surface area contributed by atoms with E-state index in [9.17, 15) is 8.42 Å². The first kappa shape index (κ1) is 7.79. The zero-order valence-corrected chi connectivity index (χ0v) is 7.63. The van der Waals surface area contributed by atoms with E-state index in [2.05, 4.69) is 5.10 Å². The van der Waals surface area contributed by atoms with Crippen LogP contribution in [-0.2, 0) is 29.1 Å². The maximum atomic E-state index is 11.2. The van der Waals surface area contributed by atoms with Crippen molar-refractivity contribution >= 4 is 9.84 Å². The molecule has 1 aliphatic heterocycles. The maximum Gasteiger partial charge on any atom is 0.156 e. The molecule has 0 fully saturated rings. The highest BCUT2D eigenvalue weighted by Gasteiger charge is 2.23. The summed E-state index contributed by atoms with van der Waals surface area (Å²) in [6, 6.07) is 0. The van der Waals surface area contributed by atoms with E-state index in [1.807, 2.05) is 0 Å². The average Bonchev–Trinajstić information content (AvgIpc) is 2.31. The Kier molecular flexibility index (Phi) is 1.51. The minimum atomic E-state index is -2.85. The van der Waals surface area contributed by atoms with Crippen LogP contribution in [0.5, 0.6) is 0 Å². The molecule has 2 heterocycles. The Morgan fingerprint density at radius 1 is 1.58 bits per heavy atom. The molecule has 0 bridgehead atoms. The van der Waals surface area contributed by atoms with Gasteiger partial charge in [-0.1, -0.05) is 0 Å². The fraction of sp³-hybridized carbons (Fsp3) is 0.571. The molecule has 66 valence electrons. The summed E-state index contributed by atoms with van der Waals surface area (Å²) in [5.41, 5.74) is 1.92. The van der Waals surface area contributed by atoms with Crippen molar-refractivity contribution in [2.24, 2.45) is 7.05 Å². The van der Waals surface area contributed by atoms with Crippen molar-refractivity contribution in [2.75, 3.05) is 5.75 Å². The van der Waals surface area contributed by atoms with Gasteiger partial charge in [0.25, 0.3) is 0 Å². The third-order valence-electron chi connectivity index (χ3n) is 2.19. The van der Waals surface area contributed by atoms with Gasteiger partial charge in [0.15, 0.2) is 9.84 Å². The maximum absolute atomic E-state index is 11.2. The van der Waals surface area contributed by atoms with Crippen molar-refractivity contribution in [3.8, 4) is 0 Å². The highest BCUT2D eigenvalue weighted by Crippen LogP contribution is 2.18. The molecule has 1 aromatic heterocycles. The van der Waals surface area contributed by atoms with Crippen LogP contribution in [0.15, 0.2) is 6.20 Å². The van der Waals surface area contributed by atoms with Gasteiger partial charge in [0.2, 0.25) is 0 Å². The summed E-state index contributed by atoms with van der Waals surface area (Å²) < 4.78 is 24.1. The molecule has 0 atom stereocenters. The number of fused-ring (bicyclic) bond motifs is 1. The predicted molar refractivity (Wildman–Crippen MR) is 44.4 cm³/mol. The lowest BCUT2D eigenvalue weighted by Crippen LogP contribution is -2.20. The summed E-state index contributed by atoms with van der Waals surface area (Å²) in [6.45, 7) is 0. The van der Waals surface area contributed by atoms with E-state index in [0.29, 0.717) is 6.42 Å². The van der Waals surface area contributed by atoms with E-state index < -0.39 is 9.84 Å². The first-order valence-corrected chi connectivity index (χ1v) is 5.61. The molecule has 1 aliphatic rings. The second-order valence-electron chi connectivity index (χ2n) is 3.08. The van der Waals surface area contributed by atoms with Gasteiger partial charge in [-0.3, -0.25) is 4.68 Å². The topological polar surface area (TPSA) is 52.0 Å². The third-order valence-corrected chi connectivity index (χ3v) is 3.73. The van der Waals surface area contributed by atoms with Crippen LogP contribution in [0, 0.1) is 0 Å². The molecule has 0 N–H and O–H groups in total. The van der Waals surface area contributed by atoms with Crippen LogP contribution in [0.4, 0.5) is 0 Å². The van der Waals surface area contributed by atoms with Crippen molar-refractivity contribution < 1.29 is 8.42 Å². The van der Waals surface area contributed by atoms with Crippen LogP contribution < -0.4 is 0 Å². The smallest absolute Gasteiger partial charge is 0.156 e. The molecule has 4 nitrogen and oxygen atoms in total. The number of aromatic nitrogens is 2. The monoisotopic (exact) mass is 186 g/mol. The summed E-state index contributed by atoms with van der Waals surface area (Å²) in [6.07, 6.45) is 2.37. The lowest BCUT2D eigenvalue weighted by molar-refractivity contribution is 0.587. The molecule has 0 radical (unpaired) electrons. The van der Waals surface area contributed by atoms with E-state index in [0.717, 1.165) is 11.3 Å². The van der Waals surface area contributed by atoms with Gasteiger partial charge in [0.05, 0.1) is 23.4 Å². The Morgan fingerprint density at radius 3 is 3.08 bits per heavy atom. The molecule has 0 aliphatic carbocycles. The molecule has 12 heavy (non-hydrogen) atoms. The number of rotatable bonds is 0. The van der Waals surface area contributed by atoms with Crippen LogP contribution in [0.2, 0.25) is 0 Å². The molecular weight excluding hydrogens is 176 g/mol. The highest BCUT2D eigenvalue weighted by molar-refractivity contribution is 7.90. The third kappa shape index (κ3) is 1.14. The Balaban J connectivity index is 2.52. The molecule has 1 aromatic rings. The summed E-state index contributed by atoms with van der Waals surface area (Å²) >= 11 is 0. The van der Waals surface area contributed by atoms with Gasteiger partial charge in [-0.05, 0) is 12.0 Å². The van der Waals surface area contributed by atoms with Crippen molar-refractivity contribution in [2.45, 2.75) is 12.2 Å². The molecular formula is C7H10N2O2S. The molecule has 0 unspecified atom stereocenters. The van der Waals surface area contributed by atoms with E-state index in [-0.39, 0.29) is 11.5 Å². The largest absolute Gasteiger partial charge is 0.271 e. The predicted octanol–water partition coefficient (Wildman–Crippen LogP) is -0.109. The van der Waals surface area contributed by atoms with Gasteiger partial charge in [-0.25, -0.2) is 8.42 Å². The van der Waals surface area contributed by atoms with Gasteiger partial charge in [-0.15, -0.1) is 0 Å². The van der Waals surface area contributed by atoms with Crippen LogP contribution in [0.3, 0.4) is 0 Å². The van der Waals surface area contributed by atoms with Crippen LogP contribution >= 0.6 is 0 Å². The normalized spacial score (nSPS) is 20.4. The summed E-state index contributed by atoms with van der Waals surface area (Å²) in [7, 11) is -1.07. The molecule has 0 spiro atoms. The number of sulfone groups is 1. The van der Waals surface area contributed by atoms with Gasteiger partial charge in [-0.2, -0.15) is 5.10 Å². The lowest BCUT2D eigenvalue weighted by Gasteiger charge is -2.12. The zero-order chi connectivity index (χ0) is 8.77. The van der Waals surface area contributed by atoms with Crippen molar-refractivity contribution in [1.82, 2.24) is 9.78 Å². The first-order chi connectivity index (χ1) is 5.58. The van der Waals surface area contributed by atoms with E-state index in [1.165, 1.54) is 0 Å². The number of nitrogens with zero attached hydrogens (tertiary/aromatic N) is 2. The van der Waals surface area contributed by atoms with Crippen LogP contribution in [0.1, 0.15) is 11.3 Å². The Hall–Kier alpha value is -0.840. The fourth-order valence-corrected chi connectivity index (χ4v) is 2.91. The minimum absolute atomic E-state index is 0.152. The Morgan fingerprint density at radius 2 is 2.33 bits per heavy atom. The summed E-state index contributed by atoms with van der Waals surface area (Å²) in [5, 5.41) is 4.02. The molecule has 5 heteroatoms. The number of hydrogen-bond acceptors (Lipinski definition) is 3. The van der Waals surface area contributed by atoms with Gasteiger partial charge in [0.1, 0.15) is 0 Å². The SMILES string of the molecule is Cn1ncc2c1CS(=O)(=O)CC2. The van der Waals surface area contributed by atoms with Gasteiger partial charge < -0.3 is 0 Å². The molecule has 2 rings (SSSR count). The average molecular weight is 186 g/mol. The highest BCUT2D eigenvalue weighted by atomic mass is 32.2. The first-order valence-electron chi connectivity index (χ1n) is 3.79. The van der Waals surface area contributed by atoms with Gasteiger partial charge in [0, 0.05) is 7.05 Å². The fourth-order valence-electron chi connectivity index (χ4n) is 1.45. The number of aryl methyl sites for hydroxylation is 2. The molecule has 0 saturated carbocycles. The standard InChI is InChI=1S/C7H10N2O2S/c1-9-7-5-12(10,11)3-2-6(7)4-8-9/h4H,2-3,5H2,1H3. The van der Waals surface area contributed by atoms with Crippen LogP contribution in [-0.4, -0.2) is 24.0 Å². The second-order valence-corrected chi connectivity index (χ2v) is 5.27. The van der Waals surface area contributed by atoms with Crippen molar-refractivity contribution in [1.29, 1.82) is 0 Å². The molecule has 0 aromatic carbocycles. The minimum Gasteiger partial charge on any atom is -0.271 e. The molecule has 0 saturated heterocycles. The van der Waals surface area contributed by atoms with E-state index in [4.69, 9.17) is 0 Å². The quantitative estimate of drug-likeness (QED) is 0.568. The molecule has 0 amide bonds. The van der Waals surface area contributed by atoms with E-state index in [1.54, 1.807) is 17.9 Å². The van der Waals surface area contributed by atoms with Crippen LogP contribution in [0.25, 0.3) is 0 Å². The Bertz CT molecular complexity index is 405. The lowest BCUT2D eigenvalue weighted by atomic mass is 10.2. The van der Waals surface area contributed by atoms with Crippen molar-refractivity contribution in [3.63, 3.8) is 0 Å². The summed E-state index contributed by atoms with van der Waals surface area (Å²) in [4.78, 5) is 0. The zero-order valence-electron chi connectivity index (χ0n) is 6.82.